The topological polar surface area (TPSA) is 54.3 Å². The predicted octanol–water partition coefficient (Wildman–Crippen LogP) is 2.76. The molecule has 0 aliphatic heterocycles. The van der Waals surface area contributed by atoms with Crippen LogP contribution in [-0.4, -0.2) is 27.7 Å². The number of nitrogens with one attached hydrogen (secondary N) is 1. The van der Waals surface area contributed by atoms with Crippen LogP contribution in [0.4, 0.5) is 0 Å². The van der Waals surface area contributed by atoms with E-state index in [0.717, 1.165) is 25.7 Å². The molecule has 2 atom stereocenters. The second-order valence-corrected chi connectivity index (χ2v) is 5.91. The lowest BCUT2D eigenvalue weighted by molar-refractivity contribution is 0.0710. The number of nitrogens with zero attached hydrogens (tertiary/aromatic N) is 1. The molecule has 2 N–H and O–H groups in total. The Hall–Kier alpha value is -1.00. The Bertz CT molecular complexity index is 456. The lowest BCUT2D eigenvalue weighted by atomic mass is 9.92. The van der Waals surface area contributed by atoms with Crippen molar-refractivity contribution in [3.05, 3.63) is 23.0 Å². The lowest BCUT2D eigenvalue weighted by Gasteiger charge is -2.28. The maximum Gasteiger partial charge on any atom is 0.268 e. The highest BCUT2D eigenvalue weighted by molar-refractivity contribution is 6.31. The predicted molar refractivity (Wildman–Crippen MR) is 75.6 cm³/mol. The third kappa shape index (κ3) is 3.31. The summed E-state index contributed by atoms with van der Waals surface area (Å²) in [5.74, 6) is -0.161. The molecule has 1 aromatic rings. The molecule has 0 saturated heterocycles. The number of rotatable bonds is 3. The van der Waals surface area contributed by atoms with Crippen LogP contribution in [0.3, 0.4) is 0 Å². The highest BCUT2D eigenvalue weighted by Gasteiger charge is 2.26. The zero-order valence-electron chi connectivity index (χ0n) is 11.4. The summed E-state index contributed by atoms with van der Waals surface area (Å²) in [5.41, 5.74) is 0.553. The molecule has 0 spiro atoms. The van der Waals surface area contributed by atoms with Crippen LogP contribution in [0.2, 0.25) is 5.02 Å². The van der Waals surface area contributed by atoms with Gasteiger partial charge in [-0.2, -0.15) is 0 Å². The van der Waals surface area contributed by atoms with Crippen LogP contribution in [0.25, 0.3) is 0 Å². The molecule has 19 heavy (non-hydrogen) atoms. The van der Waals surface area contributed by atoms with Crippen LogP contribution < -0.4 is 5.32 Å². The van der Waals surface area contributed by atoms with Crippen molar-refractivity contribution in [3.8, 4) is 0 Å². The minimum absolute atomic E-state index is 0.143. The molecule has 1 heterocycles. The first-order valence-corrected chi connectivity index (χ1v) is 7.23. The molecule has 1 amide bonds. The smallest absolute Gasteiger partial charge is 0.268 e. The minimum atomic E-state index is -0.435. The fraction of sp³-hybridized carbons (Fsp3) is 0.643. The maximum absolute atomic E-state index is 12.3. The highest BCUT2D eigenvalue weighted by Crippen LogP contribution is 2.21. The van der Waals surface area contributed by atoms with Gasteiger partial charge in [0.1, 0.15) is 5.69 Å². The Labute approximate surface area is 118 Å². The fourth-order valence-corrected chi connectivity index (χ4v) is 2.79. The largest absolute Gasteiger partial charge is 0.391 e. The van der Waals surface area contributed by atoms with Gasteiger partial charge < -0.3 is 15.0 Å². The van der Waals surface area contributed by atoms with E-state index in [9.17, 15) is 9.90 Å². The summed E-state index contributed by atoms with van der Waals surface area (Å²) in [4.78, 5) is 12.3. The van der Waals surface area contributed by atoms with Gasteiger partial charge in [0.25, 0.3) is 5.91 Å². The fourth-order valence-electron chi connectivity index (χ4n) is 2.58. The standard InChI is InChI=1S/C14H21ClN2O2/c1-9(2)17-8-10(15)7-12(17)14(19)16-11-5-3-4-6-13(11)18/h7-9,11,13,18H,3-6H2,1-2H3,(H,16,19). The average Bonchev–Trinajstić information content (AvgIpc) is 2.74. The van der Waals surface area contributed by atoms with E-state index < -0.39 is 6.10 Å². The molecular weight excluding hydrogens is 264 g/mol. The van der Waals surface area contributed by atoms with E-state index in [1.807, 2.05) is 18.4 Å². The van der Waals surface area contributed by atoms with Crippen molar-refractivity contribution < 1.29 is 9.90 Å². The van der Waals surface area contributed by atoms with E-state index in [1.54, 1.807) is 12.3 Å². The molecule has 1 fully saturated rings. The molecule has 5 heteroatoms. The lowest BCUT2D eigenvalue weighted by Crippen LogP contribution is -2.45. The van der Waals surface area contributed by atoms with Crippen LogP contribution in [0.15, 0.2) is 12.3 Å². The van der Waals surface area contributed by atoms with Gasteiger partial charge in [0.2, 0.25) is 0 Å². The Morgan fingerprint density at radius 1 is 1.47 bits per heavy atom. The molecule has 2 unspecified atom stereocenters. The zero-order valence-corrected chi connectivity index (χ0v) is 12.2. The van der Waals surface area contributed by atoms with Gasteiger partial charge in [0.15, 0.2) is 0 Å². The summed E-state index contributed by atoms with van der Waals surface area (Å²) in [6, 6.07) is 1.70. The van der Waals surface area contributed by atoms with Crippen molar-refractivity contribution in [2.24, 2.45) is 0 Å². The van der Waals surface area contributed by atoms with Gasteiger partial charge in [-0.05, 0) is 32.8 Å². The van der Waals surface area contributed by atoms with Crippen molar-refractivity contribution in [1.29, 1.82) is 0 Å². The number of hydrogen-bond acceptors (Lipinski definition) is 2. The van der Waals surface area contributed by atoms with Crippen molar-refractivity contribution in [3.63, 3.8) is 0 Å². The van der Waals surface area contributed by atoms with Gasteiger partial charge >= 0.3 is 0 Å². The first-order valence-electron chi connectivity index (χ1n) is 6.85. The molecule has 1 saturated carbocycles. The molecule has 2 rings (SSSR count). The van der Waals surface area contributed by atoms with Crippen LogP contribution in [0.5, 0.6) is 0 Å². The number of carbonyl (C=O) groups excluding carboxylic acids is 1. The van der Waals surface area contributed by atoms with E-state index >= 15 is 0 Å². The number of carbonyl (C=O) groups is 1. The number of hydrogen-bond donors (Lipinski definition) is 2. The van der Waals surface area contributed by atoms with Crippen LogP contribution in [0, 0.1) is 0 Å². The summed E-state index contributed by atoms with van der Waals surface area (Å²) < 4.78 is 1.85. The Kier molecular flexibility index (Phi) is 4.53. The summed E-state index contributed by atoms with van der Waals surface area (Å²) in [6.45, 7) is 4.01. The SMILES string of the molecule is CC(C)n1cc(Cl)cc1C(=O)NC1CCCCC1O. The molecule has 1 aliphatic rings. The molecule has 0 aromatic carbocycles. The van der Waals surface area contributed by atoms with Crippen molar-refractivity contribution >= 4 is 17.5 Å². The minimum Gasteiger partial charge on any atom is -0.391 e. The molecule has 0 radical (unpaired) electrons. The molecule has 106 valence electrons. The van der Waals surface area contributed by atoms with Crippen molar-refractivity contribution in [2.75, 3.05) is 0 Å². The van der Waals surface area contributed by atoms with Crippen LogP contribution in [0.1, 0.15) is 56.1 Å². The average molecular weight is 285 g/mol. The van der Waals surface area contributed by atoms with Crippen molar-refractivity contribution in [1.82, 2.24) is 9.88 Å². The summed E-state index contributed by atoms with van der Waals surface area (Å²) in [5, 5.41) is 13.4. The van der Waals surface area contributed by atoms with Gasteiger partial charge in [0, 0.05) is 12.2 Å². The number of aromatic nitrogens is 1. The van der Waals surface area contributed by atoms with Gasteiger partial charge in [-0.1, -0.05) is 24.4 Å². The van der Waals surface area contributed by atoms with Gasteiger partial charge in [-0.15, -0.1) is 0 Å². The summed E-state index contributed by atoms with van der Waals surface area (Å²) in [7, 11) is 0. The highest BCUT2D eigenvalue weighted by atomic mass is 35.5. The van der Waals surface area contributed by atoms with E-state index in [0.29, 0.717) is 10.7 Å². The first kappa shape index (κ1) is 14.4. The summed E-state index contributed by atoms with van der Waals surface area (Å²) in [6.07, 6.45) is 5.00. The van der Waals surface area contributed by atoms with Crippen molar-refractivity contribution in [2.45, 2.75) is 57.7 Å². The Balaban J connectivity index is 2.11. The monoisotopic (exact) mass is 284 g/mol. The number of amides is 1. The van der Waals surface area contributed by atoms with E-state index in [1.165, 1.54) is 0 Å². The first-order chi connectivity index (χ1) is 8.99. The zero-order chi connectivity index (χ0) is 14.0. The number of aliphatic hydroxyl groups is 1. The normalized spacial score (nSPS) is 23.6. The third-order valence-corrected chi connectivity index (χ3v) is 3.86. The molecule has 4 nitrogen and oxygen atoms in total. The molecule has 0 bridgehead atoms. The second-order valence-electron chi connectivity index (χ2n) is 5.48. The Morgan fingerprint density at radius 2 is 2.16 bits per heavy atom. The Morgan fingerprint density at radius 3 is 2.79 bits per heavy atom. The number of aliphatic hydroxyl groups excluding tert-OH is 1. The number of halogens is 1. The van der Waals surface area contributed by atoms with Crippen LogP contribution >= 0.6 is 11.6 Å². The third-order valence-electron chi connectivity index (χ3n) is 3.65. The second kappa shape index (κ2) is 5.97. The molecular formula is C14H21ClN2O2. The van der Waals surface area contributed by atoms with Gasteiger partial charge in [-0.3, -0.25) is 4.79 Å². The van der Waals surface area contributed by atoms with Gasteiger partial charge in [-0.25, -0.2) is 0 Å². The maximum atomic E-state index is 12.3. The quantitative estimate of drug-likeness (QED) is 0.897. The summed E-state index contributed by atoms with van der Waals surface area (Å²) >= 11 is 5.97. The van der Waals surface area contributed by atoms with E-state index in [-0.39, 0.29) is 18.0 Å². The molecule has 1 aliphatic carbocycles. The van der Waals surface area contributed by atoms with E-state index in [4.69, 9.17) is 11.6 Å². The van der Waals surface area contributed by atoms with Gasteiger partial charge in [0.05, 0.1) is 17.2 Å². The molecule has 1 aromatic heterocycles. The van der Waals surface area contributed by atoms with Crippen LogP contribution in [-0.2, 0) is 0 Å². The van der Waals surface area contributed by atoms with E-state index in [2.05, 4.69) is 5.32 Å².